The Labute approximate surface area is 189 Å². The van der Waals surface area contributed by atoms with Crippen LogP contribution in [0.3, 0.4) is 0 Å². The Morgan fingerprint density at radius 2 is 1.81 bits per heavy atom. The van der Waals surface area contributed by atoms with Crippen molar-refractivity contribution in [2.75, 3.05) is 18.5 Å². The van der Waals surface area contributed by atoms with Gasteiger partial charge in [-0.15, -0.1) is 0 Å². The molecule has 1 aliphatic carbocycles. The predicted molar refractivity (Wildman–Crippen MR) is 123 cm³/mol. The summed E-state index contributed by atoms with van der Waals surface area (Å²) in [5.41, 5.74) is 1.44. The molecule has 1 fully saturated rings. The highest BCUT2D eigenvalue weighted by Gasteiger charge is 2.34. The van der Waals surface area contributed by atoms with Crippen LogP contribution in [0.5, 0.6) is 5.75 Å². The molecule has 0 radical (unpaired) electrons. The Bertz CT molecular complexity index is 1000. The fourth-order valence-electron chi connectivity index (χ4n) is 3.85. The van der Waals surface area contributed by atoms with Gasteiger partial charge < -0.3 is 10.1 Å². The number of carbonyl (C=O) groups excluding carboxylic acids is 1. The van der Waals surface area contributed by atoms with E-state index in [0.717, 1.165) is 37.7 Å². The van der Waals surface area contributed by atoms with Gasteiger partial charge in [0.1, 0.15) is 5.75 Å². The standard InChI is InChI=1S/C23H29ClN2O4S/c1-3-30-20-11-13-21(14-12-20)31(28,29)26(19-7-5-4-6-8-19)16-23(27)25-22-15-18(24)10-9-17(22)2/h9-15,19H,3-8,16H2,1-2H3,(H,25,27). The number of rotatable bonds is 8. The van der Waals surface area contributed by atoms with Crippen molar-refractivity contribution >= 4 is 33.2 Å². The molecule has 2 aromatic carbocycles. The lowest BCUT2D eigenvalue weighted by Crippen LogP contribution is -2.45. The molecule has 168 valence electrons. The van der Waals surface area contributed by atoms with E-state index in [9.17, 15) is 13.2 Å². The summed E-state index contributed by atoms with van der Waals surface area (Å²) < 4.78 is 33.8. The van der Waals surface area contributed by atoms with E-state index in [-0.39, 0.29) is 23.4 Å². The molecule has 0 heterocycles. The number of aryl methyl sites for hydroxylation is 1. The lowest BCUT2D eigenvalue weighted by Gasteiger charge is -2.33. The smallest absolute Gasteiger partial charge is 0.243 e. The number of sulfonamides is 1. The van der Waals surface area contributed by atoms with E-state index in [1.165, 1.54) is 16.4 Å². The van der Waals surface area contributed by atoms with Crippen molar-refractivity contribution < 1.29 is 17.9 Å². The van der Waals surface area contributed by atoms with Crippen LogP contribution in [0, 0.1) is 6.92 Å². The minimum atomic E-state index is -3.85. The van der Waals surface area contributed by atoms with Crippen LogP contribution in [0.15, 0.2) is 47.4 Å². The molecule has 0 spiro atoms. The molecule has 0 saturated heterocycles. The second kappa shape index (κ2) is 10.5. The second-order valence-corrected chi connectivity index (χ2v) is 10.1. The zero-order valence-corrected chi connectivity index (χ0v) is 19.5. The van der Waals surface area contributed by atoms with Crippen molar-refractivity contribution in [1.29, 1.82) is 0 Å². The van der Waals surface area contributed by atoms with E-state index in [4.69, 9.17) is 16.3 Å². The molecule has 8 heteroatoms. The van der Waals surface area contributed by atoms with Crippen molar-refractivity contribution in [3.05, 3.63) is 53.1 Å². The Morgan fingerprint density at radius 1 is 1.13 bits per heavy atom. The van der Waals surface area contributed by atoms with E-state index >= 15 is 0 Å². The summed E-state index contributed by atoms with van der Waals surface area (Å²) in [5, 5.41) is 3.33. The Morgan fingerprint density at radius 3 is 2.45 bits per heavy atom. The van der Waals surface area contributed by atoms with Crippen LogP contribution in [0.4, 0.5) is 5.69 Å². The number of hydrogen-bond acceptors (Lipinski definition) is 4. The third-order valence-electron chi connectivity index (χ3n) is 5.50. The molecule has 6 nitrogen and oxygen atoms in total. The number of halogens is 1. The number of amides is 1. The number of ether oxygens (including phenoxy) is 1. The average Bonchev–Trinajstić information content (AvgIpc) is 2.76. The first kappa shape index (κ1) is 23.6. The van der Waals surface area contributed by atoms with Crippen LogP contribution in [0.1, 0.15) is 44.6 Å². The maximum atomic E-state index is 13.5. The largest absolute Gasteiger partial charge is 0.494 e. The highest BCUT2D eigenvalue weighted by molar-refractivity contribution is 7.89. The van der Waals surface area contributed by atoms with E-state index in [1.807, 2.05) is 19.9 Å². The quantitative estimate of drug-likeness (QED) is 0.595. The fourth-order valence-corrected chi connectivity index (χ4v) is 5.66. The topological polar surface area (TPSA) is 75.7 Å². The number of nitrogens with one attached hydrogen (secondary N) is 1. The normalized spacial score (nSPS) is 15.1. The van der Waals surface area contributed by atoms with Gasteiger partial charge in [-0.05, 0) is 68.7 Å². The molecule has 1 amide bonds. The SMILES string of the molecule is CCOc1ccc(S(=O)(=O)N(CC(=O)Nc2cc(Cl)ccc2C)C2CCCCC2)cc1. The summed E-state index contributed by atoms with van der Waals surface area (Å²) in [4.78, 5) is 13.0. The summed E-state index contributed by atoms with van der Waals surface area (Å²) in [7, 11) is -3.85. The van der Waals surface area contributed by atoms with Gasteiger partial charge in [-0.3, -0.25) is 4.79 Å². The summed E-state index contributed by atoms with van der Waals surface area (Å²) in [6.45, 7) is 3.99. The molecular formula is C23H29ClN2O4S. The number of anilines is 1. The zero-order chi connectivity index (χ0) is 22.4. The minimum Gasteiger partial charge on any atom is -0.494 e. The van der Waals surface area contributed by atoms with E-state index < -0.39 is 10.0 Å². The van der Waals surface area contributed by atoms with Crippen LogP contribution in [-0.2, 0) is 14.8 Å². The molecule has 0 unspecified atom stereocenters. The first-order valence-electron chi connectivity index (χ1n) is 10.6. The van der Waals surface area contributed by atoms with Crippen molar-refractivity contribution in [1.82, 2.24) is 4.31 Å². The van der Waals surface area contributed by atoms with Gasteiger partial charge in [0, 0.05) is 16.8 Å². The van der Waals surface area contributed by atoms with Gasteiger partial charge >= 0.3 is 0 Å². The van der Waals surface area contributed by atoms with E-state index in [1.54, 1.807) is 24.3 Å². The van der Waals surface area contributed by atoms with Gasteiger partial charge in [0.05, 0.1) is 18.0 Å². The third kappa shape index (κ3) is 5.99. The molecule has 0 atom stereocenters. The third-order valence-corrected chi connectivity index (χ3v) is 7.64. The molecule has 0 aromatic heterocycles. The Hall–Kier alpha value is -2.09. The fraction of sp³-hybridized carbons (Fsp3) is 0.435. The van der Waals surface area contributed by atoms with Crippen LogP contribution in [0.25, 0.3) is 0 Å². The van der Waals surface area contributed by atoms with Gasteiger partial charge in [0.15, 0.2) is 0 Å². The van der Waals surface area contributed by atoms with Crippen LogP contribution in [-0.4, -0.2) is 37.8 Å². The molecular weight excluding hydrogens is 436 g/mol. The number of benzene rings is 2. The van der Waals surface area contributed by atoms with Crippen LogP contribution in [0.2, 0.25) is 5.02 Å². The van der Waals surface area contributed by atoms with Gasteiger partial charge in [-0.1, -0.05) is 36.9 Å². The lowest BCUT2D eigenvalue weighted by molar-refractivity contribution is -0.116. The van der Waals surface area contributed by atoms with Gasteiger partial charge in [0.2, 0.25) is 15.9 Å². The van der Waals surface area contributed by atoms with Crippen molar-refractivity contribution in [3.63, 3.8) is 0 Å². The number of carbonyl (C=O) groups is 1. The molecule has 1 aliphatic rings. The monoisotopic (exact) mass is 464 g/mol. The van der Waals surface area contributed by atoms with Crippen molar-refractivity contribution in [2.24, 2.45) is 0 Å². The highest BCUT2D eigenvalue weighted by atomic mass is 35.5. The minimum absolute atomic E-state index is 0.160. The van der Waals surface area contributed by atoms with Crippen molar-refractivity contribution in [2.45, 2.75) is 56.9 Å². The molecule has 31 heavy (non-hydrogen) atoms. The number of nitrogens with zero attached hydrogens (tertiary/aromatic N) is 1. The van der Waals surface area contributed by atoms with Gasteiger partial charge in [-0.2, -0.15) is 4.31 Å². The first-order chi connectivity index (χ1) is 14.8. The molecule has 2 aromatic rings. The molecule has 1 saturated carbocycles. The van der Waals surface area contributed by atoms with Gasteiger partial charge in [0.25, 0.3) is 0 Å². The van der Waals surface area contributed by atoms with Gasteiger partial charge in [-0.25, -0.2) is 8.42 Å². The molecule has 0 aliphatic heterocycles. The summed E-state index contributed by atoms with van der Waals surface area (Å²) in [5.74, 6) is 0.227. The molecule has 3 rings (SSSR count). The second-order valence-electron chi connectivity index (χ2n) is 7.75. The van der Waals surface area contributed by atoms with E-state index in [2.05, 4.69) is 5.32 Å². The Balaban J connectivity index is 1.85. The zero-order valence-electron chi connectivity index (χ0n) is 17.9. The first-order valence-corrected chi connectivity index (χ1v) is 12.4. The summed E-state index contributed by atoms with van der Waals surface area (Å²) in [6.07, 6.45) is 4.49. The van der Waals surface area contributed by atoms with Crippen molar-refractivity contribution in [3.8, 4) is 5.75 Å². The maximum Gasteiger partial charge on any atom is 0.243 e. The highest BCUT2D eigenvalue weighted by Crippen LogP contribution is 2.29. The summed E-state index contributed by atoms with van der Waals surface area (Å²) >= 11 is 6.05. The maximum absolute atomic E-state index is 13.5. The van der Waals surface area contributed by atoms with E-state index in [0.29, 0.717) is 23.1 Å². The van der Waals surface area contributed by atoms with Crippen LogP contribution < -0.4 is 10.1 Å². The Kier molecular flexibility index (Phi) is 7.97. The van der Waals surface area contributed by atoms with Crippen LogP contribution >= 0.6 is 11.6 Å². The number of hydrogen-bond donors (Lipinski definition) is 1. The molecule has 1 N–H and O–H groups in total. The summed E-state index contributed by atoms with van der Waals surface area (Å²) in [6, 6.07) is 11.4. The lowest BCUT2D eigenvalue weighted by atomic mass is 9.95. The average molecular weight is 465 g/mol. The molecule has 0 bridgehead atoms. The predicted octanol–water partition coefficient (Wildman–Crippen LogP) is 5.01.